The third kappa shape index (κ3) is 4.16. The molecule has 0 aliphatic carbocycles. The number of anilines is 1. The number of benzene rings is 3. The van der Waals surface area contributed by atoms with Crippen LogP contribution in [0.5, 0.6) is 11.5 Å². The second kappa shape index (κ2) is 10.0. The molecule has 7 nitrogen and oxygen atoms in total. The van der Waals surface area contributed by atoms with Gasteiger partial charge in [0.15, 0.2) is 0 Å². The van der Waals surface area contributed by atoms with Gasteiger partial charge in [-0.15, -0.1) is 0 Å². The molecule has 1 fully saturated rings. The summed E-state index contributed by atoms with van der Waals surface area (Å²) in [4.78, 5) is 42.6. The molecule has 2 atom stereocenters. The largest absolute Gasteiger partial charge is 0.497 e. The molecule has 40 heavy (non-hydrogen) atoms. The number of hydrogen-bond donors (Lipinski definition) is 0. The maximum atomic E-state index is 13.7. The second-order valence-corrected chi connectivity index (χ2v) is 10.3. The Morgan fingerprint density at radius 1 is 0.750 bits per heavy atom. The zero-order chi connectivity index (χ0) is 29.3. The van der Waals surface area contributed by atoms with E-state index in [1.54, 1.807) is 6.07 Å². The molecule has 0 bridgehead atoms. The van der Waals surface area contributed by atoms with Gasteiger partial charge in [0, 0.05) is 11.3 Å². The molecule has 3 aromatic carbocycles. The number of amides is 3. The van der Waals surface area contributed by atoms with Gasteiger partial charge in [-0.1, -0.05) is 52.5 Å². The summed E-state index contributed by atoms with van der Waals surface area (Å²) in [5.74, 6) is -2.24. The SMILES string of the molecule is COc1ccc(OC)c([C@@H]2[C@H](N3C(=O)c4c(Cl)c(Cl)c(Cl)c(Cl)c4C3=O)C(=O)N2c2cccc(C(F)(F)F)c2)c1. The number of β-lactam (4-membered cyclic amide) rings is 1. The number of imide groups is 1. The molecule has 0 aromatic heterocycles. The van der Waals surface area contributed by atoms with E-state index in [4.69, 9.17) is 55.9 Å². The first-order valence-electron chi connectivity index (χ1n) is 11.3. The number of nitrogens with zero attached hydrogens (tertiary/aromatic N) is 2. The second-order valence-electron chi connectivity index (χ2n) is 8.74. The predicted molar refractivity (Wildman–Crippen MR) is 142 cm³/mol. The number of carbonyl (C=O) groups excluding carboxylic acids is 3. The molecule has 2 aliphatic rings. The summed E-state index contributed by atoms with van der Waals surface area (Å²) in [6.45, 7) is 0. The van der Waals surface area contributed by atoms with Crippen LogP contribution in [0.1, 0.15) is 37.9 Å². The average molecular weight is 634 g/mol. The van der Waals surface area contributed by atoms with Crippen LogP contribution in [0.2, 0.25) is 20.1 Å². The van der Waals surface area contributed by atoms with E-state index in [2.05, 4.69) is 0 Å². The minimum Gasteiger partial charge on any atom is -0.497 e. The number of hydrogen-bond acceptors (Lipinski definition) is 5. The van der Waals surface area contributed by atoms with E-state index in [-0.39, 0.29) is 48.2 Å². The van der Waals surface area contributed by atoms with E-state index < -0.39 is 41.5 Å². The van der Waals surface area contributed by atoms with Crippen LogP contribution in [-0.4, -0.2) is 42.9 Å². The Labute approximate surface area is 244 Å². The van der Waals surface area contributed by atoms with Gasteiger partial charge < -0.3 is 14.4 Å². The van der Waals surface area contributed by atoms with E-state index in [1.165, 1.54) is 32.4 Å². The molecule has 0 radical (unpaired) electrons. The van der Waals surface area contributed by atoms with Crippen LogP contribution in [0.25, 0.3) is 0 Å². The zero-order valence-corrected chi connectivity index (χ0v) is 23.3. The van der Waals surface area contributed by atoms with Gasteiger partial charge in [-0.2, -0.15) is 13.2 Å². The summed E-state index contributed by atoms with van der Waals surface area (Å²) < 4.78 is 51.3. The van der Waals surface area contributed by atoms with Crippen molar-refractivity contribution in [1.29, 1.82) is 0 Å². The number of ether oxygens (including phenoxy) is 2. The van der Waals surface area contributed by atoms with Crippen molar-refractivity contribution in [1.82, 2.24) is 4.90 Å². The maximum absolute atomic E-state index is 13.7. The Balaban J connectivity index is 1.69. The quantitative estimate of drug-likeness (QED) is 0.130. The molecule has 5 rings (SSSR count). The lowest BCUT2D eigenvalue weighted by atomic mass is 9.85. The molecule has 3 amide bonds. The monoisotopic (exact) mass is 632 g/mol. The van der Waals surface area contributed by atoms with Crippen molar-refractivity contribution < 1.29 is 37.0 Å². The van der Waals surface area contributed by atoms with Crippen LogP contribution >= 0.6 is 46.4 Å². The highest BCUT2D eigenvalue weighted by molar-refractivity contribution is 6.55. The molecule has 0 spiro atoms. The van der Waals surface area contributed by atoms with E-state index >= 15 is 0 Å². The number of halogens is 7. The Hall–Kier alpha value is -3.18. The third-order valence-corrected chi connectivity index (χ3v) is 8.49. The van der Waals surface area contributed by atoms with Crippen molar-refractivity contribution in [2.24, 2.45) is 0 Å². The van der Waals surface area contributed by atoms with Gasteiger partial charge in [0.05, 0.1) is 57.0 Å². The summed E-state index contributed by atoms with van der Waals surface area (Å²) in [5.41, 5.74) is -1.54. The third-order valence-electron chi connectivity index (χ3n) is 6.69. The minimum absolute atomic E-state index is 0.121. The van der Waals surface area contributed by atoms with Gasteiger partial charge in [-0.3, -0.25) is 19.3 Å². The summed E-state index contributed by atoms with van der Waals surface area (Å²) in [6, 6.07) is 5.97. The first-order valence-corrected chi connectivity index (χ1v) is 12.8. The maximum Gasteiger partial charge on any atom is 0.416 e. The Kier molecular flexibility index (Phi) is 7.11. The Morgan fingerprint density at radius 3 is 1.88 bits per heavy atom. The average Bonchev–Trinajstić information content (AvgIpc) is 3.18. The lowest BCUT2D eigenvalue weighted by Crippen LogP contribution is -2.67. The first-order chi connectivity index (χ1) is 18.8. The van der Waals surface area contributed by atoms with Gasteiger partial charge in [0.25, 0.3) is 17.7 Å². The molecule has 2 aliphatic heterocycles. The summed E-state index contributed by atoms with van der Waals surface area (Å²) in [7, 11) is 2.74. The molecule has 208 valence electrons. The molecule has 0 saturated carbocycles. The van der Waals surface area contributed by atoms with Gasteiger partial charge >= 0.3 is 6.18 Å². The highest BCUT2D eigenvalue weighted by atomic mass is 35.5. The van der Waals surface area contributed by atoms with Crippen molar-refractivity contribution in [2.75, 3.05) is 19.1 Å². The smallest absolute Gasteiger partial charge is 0.416 e. The standard InChI is InChI=1S/C26H15Cl4F3N2O5/c1-39-12-6-7-14(40-2)13(9-12)21-22(25(38)34(21)11-5-3-4-10(8-11)26(31,32)33)35-23(36)15-16(24(35)37)18(28)20(30)19(29)17(15)27/h3-9,21-22H,1-2H3/t21-,22+/m1/s1. The van der Waals surface area contributed by atoms with Crippen molar-refractivity contribution in [3.63, 3.8) is 0 Å². The number of fused-ring (bicyclic) bond motifs is 1. The highest BCUT2D eigenvalue weighted by Crippen LogP contribution is 2.51. The molecular formula is C26H15Cl4F3N2O5. The van der Waals surface area contributed by atoms with Crippen LogP contribution in [-0.2, 0) is 11.0 Å². The van der Waals surface area contributed by atoms with Crippen molar-refractivity contribution in [3.8, 4) is 11.5 Å². The summed E-state index contributed by atoms with van der Waals surface area (Å²) in [5, 5.41) is -1.17. The molecule has 0 N–H and O–H groups in total. The van der Waals surface area contributed by atoms with Crippen LogP contribution in [0.3, 0.4) is 0 Å². The van der Waals surface area contributed by atoms with Gasteiger partial charge in [0.2, 0.25) is 0 Å². The van der Waals surface area contributed by atoms with E-state index in [1.807, 2.05) is 0 Å². The molecule has 0 unspecified atom stereocenters. The van der Waals surface area contributed by atoms with Gasteiger partial charge in [-0.05, 0) is 36.4 Å². The minimum atomic E-state index is -4.69. The fraction of sp³-hybridized carbons (Fsp3) is 0.192. The van der Waals surface area contributed by atoms with Crippen LogP contribution in [0.15, 0.2) is 42.5 Å². The number of alkyl halides is 3. The Morgan fingerprint density at radius 2 is 1.35 bits per heavy atom. The fourth-order valence-electron chi connectivity index (χ4n) is 4.84. The van der Waals surface area contributed by atoms with Gasteiger partial charge in [0.1, 0.15) is 17.5 Å². The summed E-state index contributed by atoms with van der Waals surface area (Å²) >= 11 is 24.7. The Bertz CT molecular complexity index is 1570. The molecular weight excluding hydrogens is 619 g/mol. The van der Waals surface area contributed by atoms with E-state index in [0.29, 0.717) is 10.6 Å². The predicted octanol–water partition coefficient (Wildman–Crippen LogP) is 7.09. The number of rotatable bonds is 5. The molecule has 1 saturated heterocycles. The van der Waals surface area contributed by atoms with Gasteiger partial charge in [-0.25, -0.2) is 0 Å². The van der Waals surface area contributed by atoms with E-state index in [0.717, 1.165) is 23.1 Å². The zero-order valence-electron chi connectivity index (χ0n) is 20.3. The molecule has 3 aromatic rings. The normalized spacial score (nSPS) is 18.7. The number of carbonyl (C=O) groups is 3. The van der Waals surface area contributed by atoms with Crippen LogP contribution < -0.4 is 14.4 Å². The summed E-state index contributed by atoms with van der Waals surface area (Å²) in [6.07, 6.45) is -4.69. The highest BCUT2D eigenvalue weighted by Gasteiger charge is 2.59. The first kappa shape index (κ1) is 28.4. The lowest BCUT2D eigenvalue weighted by molar-refractivity contribution is -0.137. The van der Waals surface area contributed by atoms with Crippen LogP contribution in [0, 0.1) is 0 Å². The van der Waals surface area contributed by atoms with Crippen molar-refractivity contribution >= 4 is 69.8 Å². The van der Waals surface area contributed by atoms with Crippen LogP contribution in [0.4, 0.5) is 18.9 Å². The fourth-order valence-corrected chi connectivity index (χ4v) is 5.86. The topological polar surface area (TPSA) is 76.1 Å². The number of methoxy groups -OCH3 is 2. The van der Waals surface area contributed by atoms with Crippen molar-refractivity contribution in [3.05, 3.63) is 84.8 Å². The van der Waals surface area contributed by atoms with E-state index in [9.17, 15) is 27.6 Å². The molecule has 2 heterocycles. The van der Waals surface area contributed by atoms with Crippen molar-refractivity contribution in [2.45, 2.75) is 18.3 Å². The molecule has 14 heteroatoms. The lowest BCUT2D eigenvalue weighted by Gasteiger charge is -2.50.